The molecule has 0 saturated heterocycles. The minimum atomic E-state index is -0.537. The van der Waals surface area contributed by atoms with Gasteiger partial charge in [-0.25, -0.2) is 0 Å². The Morgan fingerprint density at radius 3 is 2.38 bits per heavy atom. The van der Waals surface area contributed by atoms with Crippen LogP contribution in [-0.4, -0.2) is 54.1 Å². The number of esters is 1. The lowest BCUT2D eigenvalue weighted by molar-refractivity contribution is -0.149. The van der Waals surface area contributed by atoms with Gasteiger partial charge in [0.2, 0.25) is 11.8 Å². The smallest absolute Gasteiger partial charge is 0.309 e. The van der Waals surface area contributed by atoms with E-state index in [2.05, 4.69) is 5.32 Å². The molecule has 2 amide bonds. The summed E-state index contributed by atoms with van der Waals surface area (Å²) in [5.74, 6) is -1.42. The molecule has 37 heavy (non-hydrogen) atoms. The molecule has 2 atom stereocenters. The average molecular weight is 507 g/mol. The van der Waals surface area contributed by atoms with Crippen LogP contribution in [0.5, 0.6) is 0 Å². The molecule has 0 bridgehead atoms. The van der Waals surface area contributed by atoms with Crippen LogP contribution in [-0.2, 0) is 32.1 Å². The molecule has 2 aromatic carbocycles. The van der Waals surface area contributed by atoms with Crippen LogP contribution in [0.4, 0.5) is 0 Å². The molecule has 1 aliphatic heterocycles. The number of hydrogen-bond donors (Lipinski definition) is 2. The van der Waals surface area contributed by atoms with E-state index >= 15 is 0 Å². The van der Waals surface area contributed by atoms with Gasteiger partial charge in [0.1, 0.15) is 6.61 Å². The van der Waals surface area contributed by atoms with Gasteiger partial charge in [0, 0.05) is 19.5 Å². The second kappa shape index (κ2) is 15.6. The molecule has 0 aliphatic carbocycles. The Labute approximate surface area is 219 Å². The van der Waals surface area contributed by atoms with Gasteiger partial charge in [-0.15, -0.1) is 0 Å². The number of amides is 2. The zero-order valence-electron chi connectivity index (χ0n) is 21.4. The molecule has 0 aromatic heterocycles. The van der Waals surface area contributed by atoms with Gasteiger partial charge in [0.25, 0.3) is 0 Å². The second-order valence-corrected chi connectivity index (χ2v) is 9.41. The van der Waals surface area contributed by atoms with Crippen molar-refractivity contribution in [2.45, 2.75) is 45.1 Å². The van der Waals surface area contributed by atoms with E-state index in [-0.39, 0.29) is 56.4 Å². The van der Waals surface area contributed by atoms with E-state index in [9.17, 15) is 19.5 Å². The number of rotatable bonds is 8. The fraction of sp³-hybridized carbons (Fsp3) is 0.433. The van der Waals surface area contributed by atoms with E-state index in [4.69, 9.17) is 4.74 Å². The molecular formula is C30H38N2O5. The largest absolute Gasteiger partial charge is 0.464 e. The normalized spacial score (nSPS) is 19.4. The summed E-state index contributed by atoms with van der Waals surface area (Å²) in [6.07, 6.45) is 7.45. The van der Waals surface area contributed by atoms with Crippen LogP contribution in [0.25, 0.3) is 0 Å². The van der Waals surface area contributed by atoms with Crippen LogP contribution in [0.1, 0.15) is 43.2 Å². The number of aliphatic hydroxyl groups is 1. The third-order valence-corrected chi connectivity index (χ3v) is 6.55. The standard InChI is InChI=1S/C30H38N2O5/c33-19-18-32(23-25-13-7-4-8-14-25)28(34)22-26-15-9-1-2-10-16-27(21-24-11-5-3-6-12-24)30(36)37-20-17-31-29(26)35/h1,3-9,11-14,26-27,33H,2,10,15-23H2,(H,31,35)/t26-,27-/m1/s1. The van der Waals surface area contributed by atoms with Crippen LogP contribution in [0, 0.1) is 11.8 Å². The second-order valence-electron chi connectivity index (χ2n) is 9.41. The zero-order chi connectivity index (χ0) is 26.3. The molecule has 2 N–H and O–H groups in total. The first-order valence-corrected chi connectivity index (χ1v) is 13.1. The SMILES string of the molecule is O=C1NCCOC(=O)[C@@H](Cc2ccccc2)CCCC=CC[C@@H]1CC(=O)N(CCO)Cc1ccccc1. The minimum Gasteiger partial charge on any atom is -0.464 e. The van der Waals surface area contributed by atoms with E-state index in [1.807, 2.05) is 72.8 Å². The Morgan fingerprint density at radius 1 is 0.973 bits per heavy atom. The maximum absolute atomic E-state index is 13.1. The summed E-state index contributed by atoms with van der Waals surface area (Å²) in [6, 6.07) is 19.5. The zero-order valence-corrected chi connectivity index (χ0v) is 21.4. The Kier molecular flexibility index (Phi) is 11.9. The number of nitrogens with one attached hydrogen (secondary N) is 1. The number of carbonyl (C=O) groups excluding carboxylic acids is 3. The molecule has 198 valence electrons. The molecule has 7 heteroatoms. The van der Waals surface area contributed by atoms with Gasteiger partial charge >= 0.3 is 5.97 Å². The minimum absolute atomic E-state index is 0.0436. The fourth-order valence-corrected chi connectivity index (χ4v) is 4.49. The molecule has 2 aromatic rings. The van der Waals surface area contributed by atoms with Crippen molar-refractivity contribution in [2.24, 2.45) is 11.8 Å². The summed E-state index contributed by atoms with van der Waals surface area (Å²) in [5.41, 5.74) is 2.07. The summed E-state index contributed by atoms with van der Waals surface area (Å²) in [7, 11) is 0. The van der Waals surface area contributed by atoms with E-state index in [0.29, 0.717) is 19.4 Å². The van der Waals surface area contributed by atoms with Crippen molar-refractivity contribution in [2.75, 3.05) is 26.3 Å². The lowest BCUT2D eigenvalue weighted by atomic mass is 9.93. The van der Waals surface area contributed by atoms with Crippen LogP contribution in [0.3, 0.4) is 0 Å². The number of ether oxygens (including phenoxy) is 1. The highest BCUT2D eigenvalue weighted by molar-refractivity contribution is 5.86. The summed E-state index contributed by atoms with van der Waals surface area (Å²) in [6.45, 7) is 0.729. The highest BCUT2D eigenvalue weighted by Crippen LogP contribution is 2.19. The van der Waals surface area contributed by atoms with Crippen LogP contribution < -0.4 is 5.32 Å². The first kappa shape index (κ1) is 28.1. The van der Waals surface area contributed by atoms with Crippen molar-refractivity contribution in [3.63, 3.8) is 0 Å². The van der Waals surface area contributed by atoms with Gasteiger partial charge in [-0.3, -0.25) is 14.4 Å². The fourth-order valence-electron chi connectivity index (χ4n) is 4.49. The number of allylic oxidation sites excluding steroid dienone is 2. The summed E-state index contributed by atoms with van der Waals surface area (Å²) >= 11 is 0. The molecule has 0 radical (unpaired) electrons. The van der Waals surface area contributed by atoms with E-state index in [0.717, 1.165) is 30.4 Å². The van der Waals surface area contributed by atoms with E-state index in [1.54, 1.807) is 4.90 Å². The van der Waals surface area contributed by atoms with Crippen LogP contribution >= 0.6 is 0 Å². The van der Waals surface area contributed by atoms with Crippen LogP contribution in [0.15, 0.2) is 72.8 Å². The molecule has 0 unspecified atom stereocenters. The Morgan fingerprint density at radius 2 is 1.68 bits per heavy atom. The quantitative estimate of drug-likeness (QED) is 0.421. The molecule has 1 heterocycles. The van der Waals surface area contributed by atoms with Crippen molar-refractivity contribution < 1.29 is 24.2 Å². The number of nitrogens with zero attached hydrogens (tertiary/aromatic N) is 1. The summed E-state index contributed by atoms with van der Waals surface area (Å²) < 4.78 is 5.50. The van der Waals surface area contributed by atoms with Crippen molar-refractivity contribution >= 4 is 17.8 Å². The van der Waals surface area contributed by atoms with Gasteiger partial charge < -0.3 is 20.1 Å². The highest BCUT2D eigenvalue weighted by atomic mass is 16.5. The topological polar surface area (TPSA) is 95.9 Å². The monoisotopic (exact) mass is 506 g/mol. The van der Waals surface area contributed by atoms with Gasteiger partial charge in [-0.1, -0.05) is 72.8 Å². The summed E-state index contributed by atoms with van der Waals surface area (Å²) in [5, 5.41) is 12.3. The molecule has 3 rings (SSSR count). The highest BCUT2D eigenvalue weighted by Gasteiger charge is 2.25. The van der Waals surface area contributed by atoms with Crippen molar-refractivity contribution in [3.8, 4) is 0 Å². The van der Waals surface area contributed by atoms with Gasteiger partial charge in [0.05, 0.1) is 25.0 Å². The lowest BCUT2D eigenvalue weighted by Gasteiger charge is -2.24. The third-order valence-electron chi connectivity index (χ3n) is 6.55. The maximum Gasteiger partial charge on any atom is 0.309 e. The number of hydrogen-bond acceptors (Lipinski definition) is 5. The molecule has 0 spiro atoms. The molecular weight excluding hydrogens is 468 g/mol. The average Bonchev–Trinajstić information content (AvgIpc) is 2.91. The third kappa shape index (κ3) is 9.84. The number of aliphatic hydroxyl groups excluding tert-OH is 1. The first-order valence-electron chi connectivity index (χ1n) is 13.1. The molecule has 1 aliphatic rings. The van der Waals surface area contributed by atoms with Crippen molar-refractivity contribution in [1.29, 1.82) is 0 Å². The molecule has 7 nitrogen and oxygen atoms in total. The van der Waals surface area contributed by atoms with Gasteiger partial charge in [-0.05, 0) is 43.2 Å². The Bertz CT molecular complexity index is 1010. The first-order chi connectivity index (χ1) is 18.1. The predicted molar refractivity (Wildman–Crippen MR) is 142 cm³/mol. The number of carbonyl (C=O) groups is 3. The number of benzene rings is 2. The van der Waals surface area contributed by atoms with Gasteiger partial charge in [-0.2, -0.15) is 0 Å². The molecule has 0 saturated carbocycles. The number of cyclic esters (lactones) is 1. The predicted octanol–water partition coefficient (Wildman–Crippen LogP) is 3.66. The van der Waals surface area contributed by atoms with Gasteiger partial charge in [0.15, 0.2) is 0 Å². The van der Waals surface area contributed by atoms with Crippen molar-refractivity contribution in [3.05, 3.63) is 83.9 Å². The Balaban J connectivity index is 1.60. The van der Waals surface area contributed by atoms with E-state index in [1.165, 1.54) is 0 Å². The summed E-state index contributed by atoms with van der Waals surface area (Å²) in [4.78, 5) is 40.4. The lowest BCUT2D eigenvalue weighted by Crippen LogP contribution is -2.39. The van der Waals surface area contributed by atoms with Crippen LogP contribution in [0.2, 0.25) is 0 Å². The Hall–Kier alpha value is -3.45. The van der Waals surface area contributed by atoms with Crippen molar-refractivity contribution in [1.82, 2.24) is 10.2 Å². The molecule has 0 fully saturated rings. The van der Waals surface area contributed by atoms with E-state index < -0.39 is 5.92 Å². The maximum atomic E-state index is 13.1.